The molecule has 0 radical (unpaired) electrons. The van der Waals surface area contributed by atoms with Gasteiger partial charge in [-0.1, -0.05) is 0 Å². The van der Waals surface area contributed by atoms with Gasteiger partial charge in [0.1, 0.15) is 6.54 Å². The van der Waals surface area contributed by atoms with Crippen molar-refractivity contribution in [1.29, 1.82) is 0 Å². The summed E-state index contributed by atoms with van der Waals surface area (Å²) in [5.41, 5.74) is 3.51. The van der Waals surface area contributed by atoms with E-state index in [0.29, 0.717) is 5.03 Å². The van der Waals surface area contributed by atoms with E-state index in [1.807, 2.05) is 42.7 Å². The van der Waals surface area contributed by atoms with Gasteiger partial charge in [-0.05, 0) is 30.3 Å². The molecule has 3 aromatic heterocycles. The number of aromatic amines is 2. The van der Waals surface area contributed by atoms with Crippen molar-refractivity contribution in [2.24, 2.45) is 0 Å². The van der Waals surface area contributed by atoms with E-state index in [2.05, 4.69) is 22.6 Å². The summed E-state index contributed by atoms with van der Waals surface area (Å²) in [7, 11) is 0. The summed E-state index contributed by atoms with van der Waals surface area (Å²) in [6.45, 7) is -0.131. The maximum atomic E-state index is 11.1. The Morgan fingerprint density at radius 1 is 1.20 bits per heavy atom. The molecule has 20 heavy (non-hydrogen) atoms. The van der Waals surface area contributed by atoms with Crippen LogP contribution in [0.4, 0.5) is 0 Å². The van der Waals surface area contributed by atoms with Crippen LogP contribution >= 0.6 is 12.6 Å². The molecule has 0 amide bonds. The summed E-state index contributed by atoms with van der Waals surface area (Å²) in [5, 5.41) is 9.69. The van der Waals surface area contributed by atoms with E-state index in [1.165, 1.54) is 0 Å². The zero-order valence-corrected chi connectivity index (χ0v) is 11.4. The fraction of sp³-hybridized carbons (Fsp3) is 0.0714. The number of nitrogens with one attached hydrogen (secondary N) is 2. The van der Waals surface area contributed by atoms with Crippen LogP contribution in [0.1, 0.15) is 0 Å². The van der Waals surface area contributed by atoms with Crippen molar-refractivity contribution in [1.82, 2.24) is 14.5 Å². The number of carboxylic acids is 1. The van der Waals surface area contributed by atoms with Gasteiger partial charge in [0.2, 0.25) is 0 Å². The fourth-order valence-corrected chi connectivity index (χ4v) is 2.60. The highest BCUT2D eigenvalue weighted by molar-refractivity contribution is 7.80. The topological polar surface area (TPSA) is 73.8 Å². The van der Waals surface area contributed by atoms with Gasteiger partial charge >= 0.3 is 5.97 Å². The Hall–Kier alpha value is -2.34. The predicted octanol–water partition coefficient (Wildman–Crippen LogP) is 2.85. The van der Waals surface area contributed by atoms with Crippen LogP contribution in [-0.2, 0) is 11.3 Å². The van der Waals surface area contributed by atoms with E-state index in [1.54, 1.807) is 4.57 Å². The highest BCUT2D eigenvalue weighted by atomic mass is 32.1. The second kappa shape index (κ2) is 4.97. The fourth-order valence-electron chi connectivity index (χ4n) is 2.30. The van der Waals surface area contributed by atoms with Crippen LogP contribution in [-0.4, -0.2) is 25.6 Å². The molecule has 102 valence electrons. The summed E-state index contributed by atoms with van der Waals surface area (Å²) >= 11 is 4.40. The maximum absolute atomic E-state index is 11.1. The summed E-state index contributed by atoms with van der Waals surface area (Å²) in [4.78, 5) is 17.3. The predicted molar refractivity (Wildman–Crippen MR) is 78.9 cm³/mol. The molecule has 0 aliphatic heterocycles. The van der Waals surface area contributed by atoms with Crippen molar-refractivity contribution in [3.8, 4) is 22.6 Å². The lowest BCUT2D eigenvalue weighted by atomic mass is 10.1. The van der Waals surface area contributed by atoms with Crippen LogP contribution in [0.25, 0.3) is 22.6 Å². The molecular weight excluding hydrogens is 274 g/mol. The third-order valence-corrected chi connectivity index (χ3v) is 3.48. The zero-order chi connectivity index (χ0) is 14.1. The van der Waals surface area contributed by atoms with E-state index in [4.69, 9.17) is 5.11 Å². The van der Waals surface area contributed by atoms with Gasteiger partial charge in [0.25, 0.3) is 0 Å². The van der Waals surface area contributed by atoms with Crippen molar-refractivity contribution in [3.63, 3.8) is 0 Å². The Labute approximate surface area is 120 Å². The number of hydrogen-bond donors (Lipinski definition) is 4. The van der Waals surface area contributed by atoms with E-state index in [-0.39, 0.29) is 6.54 Å². The molecule has 6 heteroatoms. The molecule has 0 aromatic carbocycles. The average Bonchev–Trinajstić information content (AvgIpc) is 3.10. The van der Waals surface area contributed by atoms with Crippen LogP contribution in [0.2, 0.25) is 0 Å². The van der Waals surface area contributed by atoms with Crippen LogP contribution < -0.4 is 0 Å². The van der Waals surface area contributed by atoms with Crippen LogP contribution in [0.3, 0.4) is 0 Å². The van der Waals surface area contributed by atoms with Gasteiger partial charge in [0.15, 0.2) is 0 Å². The van der Waals surface area contributed by atoms with E-state index >= 15 is 0 Å². The third kappa shape index (κ3) is 2.14. The molecule has 0 saturated carbocycles. The monoisotopic (exact) mass is 287 g/mol. The van der Waals surface area contributed by atoms with E-state index < -0.39 is 5.97 Å². The SMILES string of the molecule is O=C(O)Cn1c(S)cc(-c2ccc[nH]2)c1-c1ccc[nH]1. The van der Waals surface area contributed by atoms with Crippen molar-refractivity contribution in [2.45, 2.75) is 11.6 Å². The second-order valence-corrected chi connectivity index (χ2v) is 4.87. The highest BCUT2D eigenvalue weighted by Crippen LogP contribution is 2.35. The van der Waals surface area contributed by atoms with Crippen LogP contribution in [0, 0.1) is 0 Å². The zero-order valence-electron chi connectivity index (χ0n) is 10.5. The van der Waals surface area contributed by atoms with Gasteiger partial charge in [0.05, 0.1) is 16.4 Å². The van der Waals surface area contributed by atoms with Gasteiger partial charge in [-0.2, -0.15) is 0 Å². The van der Waals surface area contributed by atoms with Gasteiger partial charge in [0, 0.05) is 23.7 Å². The van der Waals surface area contributed by atoms with Crippen molar-refractivity contribution in [2.75, 3.05) is 0 Å². The molecule has 3 rings (SSSR count). The molecule has 0 aliphatic rings. The van der Waals surface area contributed by atoms with E-state index in [0.717, 1.165) is 22.6 Å². The first-order chi connectivity index (χ1) is 9.66. The molecule has 3 N–H and O–H groups in total. The van der Waals surface area contributed by atoms with Crippen molar-refractivity contribution < 1.29 is 9.90 Å². The molecule has 0 aliphatic carbocycles. The third-order valence-electron chi connectivity index (χ3n) is 3.11. The molecule has 0 unspecified atom stereocenters. The van der Waals surface area contributed by atoms with Crippen LogP contribution in [0.5, 0.6) is 0 Å². The second-order valence-electron chi connectivity index (χ2n) is 4.41. The molecule has 0 fully saturated rings. The smallest absolute Gasteiger partial charge is 0.323 e. The highest BCUT2D eigenvalue weighted by Gasteiger charge is 2.19. The van der Waals surface area contributed by atoms with Gasteiger partial charge < -0.3 is 19.6 Å². The number of carbonyl (C=O) groups is 1. The molecule has 3 aromatic rings. The molecule has 0 atom stereocenters. The number of nitrogens with zero attached hydrogens (tertiary/aromatic N) is 1. The van der Waals surface area contributed by atoms with Gasteiger partial charge in [-0.25, -0.2) is 0 Å². The van der Waals surface area contributed by atoms with Gasteiger partial charge in [-0.15, -0.1) is 12.6 Å². The average molecular weight is 287 g/mol. The maximum Gasteiger partial charge on any atom is 0.323 e. The number of aromatic nitrogens is 3. The summed E-state index contributed by atoms with van der Waals surface area (Å²) in [5.74, 6) is -0.901. The molecular formula is C14H13N3O2S. The lowest BCUT2D eigenvalue weighted by molar-refractivity contribution is -0.137. The summed E-state index contributed by atoms with van der Waals surface area (Å²) in [6.07, 6.45) is 3.64. The first-order valence-electron chi connectivity index (χ1n) is 6.08. The quantitative estimate of drug-likeness (QED) is 0.557. The Balaban J connectivity index is 2.23. The molecule has 0 spiro atoms. The van der Waals surface area contributed by atoms with Crippen molar-refractivity contribution >= 4 is 18.6 Å². The Morgan fingerprint density at radius 3 is 2.40 bits per heavy atom. The van der Waals surface area contributed by atoms with E-state index in [9.17, 15) is 4.79 Å². The number of carboxylic acid groups (broad SMARTS) is 1. The summed E-state index contributed by atoms with van der Waals surface area (Å²) < 4.78 is 1.67. The first kappa shape index (κ1) is 12.7. The minimum absolute atomic E-state index is 0.131. The summed E-state index contributed by atoms with van der Waals surface area (Å²) in [6, 6.07) is 9.51. The lowest BCUT2D eigenvalue weighted by Crippen LogP contribution is -2.10. The van der Waals surface area contributed by atoms with Crippen molar-refractivity contribution in [3.05, 3.63) is 42.7 Å². The standard InChI is InChI=1S/C14H13N3O2S/c18-13(19)8-17-12(20)7-9(10-3-1-5-15-10)14(17)11-4-2-6-16-11/h1-7,15-16,20H,8H2,(H,18,19). The normalized spacial score (nSPS) is 10.8. The first-order valence-corrected chi connectivity index (χ1v) is 6.53. The lowest BCUT2D eigenvalue weighted by Gasteiger charge is -2.09. The Kier molecular flexibility index (Phi) is 3.15. The number of H-pyrrole nitrogens is 2. The Morgan fingerprint density at radius 2 is 1.85 bits per heavy atom. The number of rotatable bonds is 4. The van der Waals surface area contributed by atoms with Gasteiger partial charge in [-0.3, -0.25) is 4.79 Å². The van der Waals surface area contributed by atoms with Crippen LogP contribution in [0.15, 0.2) is 47.8 Å². The largest absolute Gasteiger partial charge is 0.480 e. The molecule has 3 heterocycles. The number of hydrogen-bond acceptors (Lipinski definition) is 2. The molecule has 0 saturated heterocycles. The molecule has 0 bridgehead atoms. The number of thiol groups is 1. The molecule has 5 nitrogen and oxygen atoms in total. The Bertz CT molecular complexity index is 727. The minimum Gasteiger partial charge on any atom is -0.480 e. The number of aliphatic carboxylic acids is 1. The minimum atomic E-state index is -0.901.